The molecule has 0 saturated carbocycles. The van der Waals surface area contributed by atoms with Crippen molar-refractivity contribution >= 4 is 28.3 Å². The van der Waals surface area contributed by atoms with E-state index in [-0.39, 0.29) is 5.56 Å². The number of nitrogens with one attached hydrogen (secondary N) is 1. The molecule has 3 rings (SSSR count). The second kappa shape index (κ2) is 6.43. The Morgan fingerprint density at radius 2 is 1.88 bits per heavy atom. The number of fused-ring (bicyclic) bond motifs is 1. The normalized spacial score (nSPS) is 12.4. The molecule has 0 bridgehead atoms. The van der Waals surface area contributed by atoms with Gasteiger partial charge in [0.25, 0.3) is 0 Å². The van der Waals surface area contributed by atoms with Crippen molar-refractivity contribution in [1.82, 2.24) is 4.98 Å². The minimum atomic E-state index is -4.65. The monoisotopic (exact) mass is 346 g/mol. The zero-order valence-electron chi connectivity index (χ0n) is 13.1. The predicted octanol–water partition coefficient (Wildman–Crippen LogP) is 4.72. The minimum absolute atomic E-state index is 0.0774. The van der Waals surface area contributed by atoms with Crippen LogP contribution in [0.25, 0.3) is 16.7 Å². The number of aromatic nitrogens is 1. The molecule has 0 aliphatic heterocycles. The van der Waals surface area contributed by atoms with Crippen LogP contribution >= 0.6 is 0 Å². The van der Waals surface area contributed by atoms with Crippen LogP contribution in [0.1, 0.15) is 11.5 Å². The fraction of sp³-hybridized carbons (Fsp3) is 0.111. The smallest absolute Gasteiger partial charge is 0.417 e. The summed E-state index contributed by atoms with van der Waals surface area (Å²) in [6.07, 6.45) is -4.10. The van der Waals surface area contributed by atoms with Gasteiger partial charge in [0.05, 0.1) is 5.57 Å². The van der Waals surface area contributed by atoms with Crippen LogP contribution < -0.4 is 5.32 Å². The highest BCUT2D eigenvalue weighted by Gasteiger charge is 2.35. The Morgan fingerprint density at radius 3 is 2.56 bits per heavy atom. The number of halogens is 3. The molecule has 3 aromatic rings. The number of rotatable bonds is 3. The van der Waals surface area contributed by atoms with E-state index < -0.39 is 17.7 Å². The Bertz CT molecular complexity index is 944. The Kier molecular flexibility index (Phi) is 4.31. The number of alkyl halides is 3. The minimum Gasteiger partial charge on any atom is -0.441 e. The number of oxazole rings is 1. The molecule has 2 aromatic carbocycles. The van der Waals surface area contributed by atoms with Gasteiger partial charge in [0.2, 0.25) is 5.91 Å². The molecule has 25 heavy (non-hydrogen) atoms. The summed E-state index contributed by atoms with van der Waals surface area (Å²) in [7, 11) is 0. The van der Waals surface area contributed by atoms with Crippen LogP contribution in [0.5, 0.6) is 0 Å². The lowest BCUT2D eigenvalue weighted by molar-refractivity contribution is -0.112. The van der Waals surface area contributed by atoms with E-state index in [1.165, 1.54) is 30.3 Å². The summed E-state index contributed by atoms with van der Waals surface area (Å²) >= 11 is 0. The van der Waals surface area contributed by atoms with E-state index in [1.54, 1.807) is 25.1 Å². The van der Waals surface area contributed by atoms with Gasteiger partial charge in [-0.25, -0.2) is 4.98 Å². The van der Waals surface area contributed by atoms with E-state index >= 15 is 0 Å². The second-order valence-corrected chi connectivity index (χ2v) is 5.33. The maximum atomic E-state index is 13.2. The third kappa shape index (κ3) is 3.88. The van der Waals surface area contributed by atoms with E-state index in [2.05, 4.69) is 10.3 Å². The van der Waals surface area contributed by atoms with Crippen LogP contribution in [-0.2, 0) is 4.79 Å². The molecule has 0 atom stereocenters. The van der Waals surface area contributed by atoms with Crippen LogP contribution in [0.15, 0.2) is 59.0 Å². The topological polar surface area (TPSA) is 55.1 Å². The third-order valence-electron chi connectivity index (χ3n) is 3.43. The van der Waals surface area contributed by atoms with Gasteiger partial charge in [-0.2, -0.15) is 13.2 Å². The van der Waals surface area contributed by atoms with Crippen LogP contribution in [0.2, 0.25) is 0 Å². The first-order valence-corrected chi connectivity index (χ1v) is 7.35. The third-order valence-corrected chi connectivity index (χ3v) is 3.43. The molecule has 1 heterocycles. The number of carbonyl (C=O) groups is 1. The average molecular weight is 346 g/mol. The number of anilines is 1. The molecule has 0 aliphatic carbocycles. The van der Waals surface area contributed by atoms with Crippen molar-refractivity contribution in [2.75, 3.05) is 5.32 Å². The van der Waals surface area contributed by atoms with Gasteiger partial charge in [-0.15, -0.1) is 0 Å². The molecule has 0 aliphatic rings. The standard InChI is InChI=1S/C18H13F3N2O2/c1-11-22-15-8-7-13(9-16(15)25-11)23-17(24)10-14(18(19,20)21)12-5-3-2-4-6-12/h2-10H,1H3,(H,23,24)/b14-10-. The van der Waals surface area contributed by atoms with Gasteiger partial charge in [-0.3, -0.25) is 4.79 Å². The van der Waals surface area contributed by atoms with Crippen molar-refractivity contribution in [2.45, 2.75) is 13.1 Å². The number of nitrogens with zero attached hydrogens (tertiary/aromatic N) is 1. The zero-order chi connectivity index (χ0) is 18.0. The van der Waals surface area contributed by atoms with Gasteiger partial charge in [0.1, 0.15) is 5.52 Å². The summed E-state index contributed by atoms with van der Waals surface area (Å²) in [5.41, 5.74) is 0.276. The van der Waals surface area contributed by atoms with E-state index in [4.69, 9.17) is 4.42 Å². The number of benzene rings is 2. The number of amides is 1. The highest BCUT2D eigenvalue weighted by Crippen LogP contribution is 2.33. The lowest BCUT2D eigenvalue weighted by atomic mass is 10.1. The van der Waals surface area contributed by atoms with Crippen molar-refractivity contribution in [1.29, 1.82) is 0 Å². The molecule has 1 aromatic heterocycles. The molecule has 1 N–H and O–H groups in total. The first-order valence-electron chi connectivity index (χ1n) is 7.35. The van der Waals surface area contributed by atoms with Gasteiger partial charge >= 0.3 is 6.18 Å². The van der Waals surface area contributed by atoms with E-state index in [9.17, 15) is 18.0 Å². The lowest BCUT2D eigenvalue weighted by Crippen LogP contribution is -2.16. The highest BCUT2D eigenvalue weighted by molar-refractivity contribution is 6.05. The number of hydrogen-bond acceptors (Lipinski definition) is 3. The van der Waals surface area contributed by atoms with E-state index in [0.717, 1.165) is 0 Å². The fourth-order valence-electron chi connectivity index (χ4n) is 2.37. The maximum absolute atomic E-state index is 13.2. The molecule has 7 heteroatoms. The first kappa shape index (κ1) is 16.8. The average Bonchev–Trinajstić information content (AvgIpc) is 2.91. The van der Waals surface area contributed by atoms with Crippen molar-refractivity contribution in [3.05, 3.63) is 66.1 Å². The SMILES string of the molecule is Cc1nc2ccc(NC(=O)/C=C(/c3ccccc3)C(F)(F)F)cc2o1. The van der Waals surface area contributed by atoms with Crippen LogP contribution in [0.3, 0.4) is 0 Å². The highest BCUT2D eigenvalue weighted by atomic mass is 19.4. The van der Waals surface area contributed by atoms with Gasteiger partial charge in [0.15, 0.2) is 11.5 Å². The van der Waals surface area contributed by atoms with E-state index in [0.29, 0.717) is 28.8 Å². The molecular weight excluding hydrogens is 333 g/mol. The molecule has 0 fully saturated rings. The van der Waals surface area contributed by atoms with Crippen LogP contribution in [-0.4, -0.2) is 17.1 Å². The van der Waals surface area contributed by atoms with Crippen LogP contribution in [0, 0.1) is 6.92 Å². The van der Waals surface area contributed by atoms with Crippen LogP contribution in [0.4, 0.5) is 18.9 Å². The van der Waals surface area contributed by atoms with Crippen molar-refractivity contribution < 1.29 is 22.4 Å². The maximum Gasteiger partial charge on any atom is 0.417 e. The van der Waals surface area contributed by atoms with Gasteiger partial charge in [-0.05, 0) is 17.7 Å². The second-order valence-electron chi connectivity index (χ2n) is 5.33. The molecule has 128 valence electrons. The molecule has 0 unspecified atom stereocenters. The number of aryl methyl sites for hydroxylation is 1. The molecule has 0 spiro atoms. The zero-order valence-corrected chi connectivity index (χ0v) is 13.1. The van der Waals surface area contributed by atoms with Crippen molar-refractivity contribution in [2.24, 2.45) is 0 Å². The largest absolute Gasteiger partial charge is 0.441 e. The predicted molar refractivity (Wildman–Crippen MR) is 87.8 cm³/mol. The van der Waals surface area contributed by atoms with E-state index in [1.807, 2.05) is 0 Å². The molecule has 1 amide bonds. The summed E-state index contributed by atoms with van der Waals surface area (Å²) < 4.78 is 45.1. The number of hydrogen-bond donors (Lipinski definition) is 1. The molecule has 0 radical (unpaired) electrons. The van der Waals surface area contributed by atoms with Crippen molar-refractivity contribution in [3.8, 4) is 0 Å². The Hall–Kier alpha value is -3.09. The number of allylic oxidation sites excluding steroid dienone is 1. The molecular formula is C18H13F3N2O2. The lowest BCUT2D eigenvalue weighted by Gasteiger charge is -2.12. The molecule has 4 nitrogen and oxygen atoms in total. The summed E-state index contributed by atoms with van der Waals surface area (Å²) in [5, 5.41) is 2.41. The first-order chi connectivity index (χ1) is 11.8. The number of carbonyl (C=O) groups excluding carboxylic acids is 1. The summed E-state index contributed by atoms with van der Waals surface area (Å²) in [6.45, 7) is 1.68. The quantitative estimate of drug-likeness (QED) is 0.698. The fourth-order valence-corrected chi connectivity index (χ4v) is 2.37. The van der Waals surface area contributed by atoms with Gasteiger partial charge in [-0.1, -0.05) is 30.3 Å². The Morgan fingerprint density at radius 1 is 1.16 bits per heavy atom. The van der Waals surface area contributed by atoms with Gasteiger partial charge in [0, 0.05) is 24.8 Å². The summed E-state index contributed by atoms with van der Waals surface area (Å²) in [5.74, 6) is -0.423. The van der Waals surface area contributed by atoms with Crippen molar-refractivity contribution in [3.63, 3.8) is 0 Å². The molecule has 0 saturated heterocycles. The van der Waals surface area contributed by atoms with Gasteiger partial charge < -0.3 is 9.73 Å². The summed E-state index contributed by atoms with van der Waals surface area (Å²) in [4.78, 5) is 16.2. The Labute approximate surface area is 141 Å². The Balaban J connectivity index is 1.88. The summed E-state index contributed by atoms with van der Waals surface area (Å²) in [6, 6.07) is 11.8.